The third-order valence-electron chi connectivity index (χ3n) is 6.50. The first kappa shape index (κ1) is 53.2. The molecule has 3 nitrogen and oxygen atoms in total. The number of ether oxygens (including phenoxy) is 3. The second kappa shape index (κ2) is 28.9. The summed E-state index contributed by atoms with van der Waals surface area (Å²) >= 11 is 0. The third-order valence-corrected chi connectivity index (χ3v) is 6.50. The Morgan fingerprint density at radius 1 is 0.541 bits per heavy atom. The molecule has 0 aromatic heterocycles. The van der Waals surface area contributed by atoms with E-state index >= 15 is 0 Å². The van der Waals surface area contributed by atoms with Gasteiger partial charge in [0.15, 0.2) is 0 Å². The van der Waals surface area contributed by atoms with Gasteiger partial charge < -0.3 is 14.2 Å². The molecular formula is C34H82O3. The highest BCUT2D eigenvalue weighted by Crippen LogP contribution is 2.24. The summed E-state index contributed by atoms with van der Waals surface area (Å²) in [6.45, 7) is 35.4. The lowest BCUT2D eigenvalue weighted by Gasteiger charge is -2.34. The molecule has 0 aliphatic heterocycles. The predicted octanol–water partition coefficient (Wildman–Crippen LogP) is 12.3. The summed E-state index contributed by atoms with van der Waals surface area (Å²) in [4.78, 5) is 0. The molecule has 0 rings (SSSR count). The van der Waals surface area contributed by atoms with Gasteiger partial charge in [-0.05, 0) is 85.0 Å². The molecule has 0 aromatic carbocycles. The first-order chi connectivity index (χ1) is 15.0. The Balaban J connectivity index is -0.0000000692. The van der Waals surface area contributed by atoms with Crippen molar-refractivity contribution >= 4 is 0 Å². The molecule has 236 valence electrons. The summed E-state index contributed by atoms with van der Waals surface area (Å²) in [6, 6.07) is 0. The summed E-state index contributed by atoms with van der Waals surface area (Å²) in [7, 11) is 0. The Labute approximate surface area is 240 Å². The van der Waals surface area contributed by atoms with E-state index < -0.39 is 0 Å². The maximum absolute atomic E-state index is 5.92. The van der Waals surface area contributed by atoms with Crippen LogP contribution in [0.15, 0.2) is 0 Å². The van der Waals surface area contributed by atoms with E-state index in [-0.39, 0.29) is 46.5 Å². The fourth-order valence-electron chi connectivity index (χ4n) is 2.20. The lowest BCUT2D eigenvalue weighted by atomic mass is 10.0. The minimum Gasteiger partial charge on any atom is -0.381 e. The average molecular weight is 539 g/mol. The van der Waals surface area contributed by atoms with E-state index in [1.165, 1.54) is 19.3 Å². The molecule has 0 amide bonds. The van der Waals surface area contributed by atoms with Crippen LogP contribution in [0.1, 0.15) is 172 Å². The van der Waals surface area contributed by atoms with E-state index in [4.69, 9.17) is 14.2 Å². The maximum Gasteiger partial charge on any atom is 0.0631 e. The summed E-state index contributed by atoms with van der Waals surface area (Å²) in [6.07, 6.45) is 6.84. The van der Waals surface area contributed by atoms with Crippen LogP contribution in [0.3, 0.4) is 0 Å². The number of hydrogen-bond donors (Lipinski definition) is 0. The molecule has 3 heteroatoms. The predicted molar refractivity (Wildman–Crippen MR) is 176 cm³/mol. The van der Waals surface area contributed by atoms with Gasteiger partial charge in [-0.2, -0.15) is 0 Å². The minimum atomic E-state index is 0. The molecule has 0 aliphatic rings. The Morgan fingerprint density at radius 3 is 1.19 bits per heavy atom. The normalized spacial score (nSPS) is 12.6. The quantitative estimate of drug-likeness (QED) is 0.194. The molecule has 2 unspecified atom stereocenters. The van der Waals surface area contributed by atoms with E-state index in [0.29, 0.717) is 5.92 Å². The van der Waals surface area contributed by atoms with Crippen molar-refractivity contribution in [3.63, 3.8) is 0 Å². The van der Waals surface area contributed by atoms with Gasteiger partial charge in [-0.25, -0.2) is 0 Å². The zero-order valence-electron chi connectivity index (χ0n) is 25.8. The Morgan fingerprint density at radius 2 is 0.892 bits per heavy atom. The van der Waals surface area contributed by atoms with Crippen LogP contribution in [-0.2, 0) is 14.2 Å². The van der Waals surface area contributed by atoms with Gasteiger partial charge in [0, 0.05) is 19.8 Å². The van der Waals surface area contributed by atoms with Gasteiger partial charge in [0.05, 0.1) is 16.8 Å². The fourth-order valence-corrected chi connectivity index (χ4v) is 2.20. The average Bonchev–Trinajstić information content (AvgIpc) is 2.75. The van der Waals surface area contributed by atoms with Gasteiger partial charge >= 0.3 is 0 Å². The summed E-state index contributed by atoms with van der Waals surface area (Å²) in [5.74, 6) is 2.19. The first-order valence-corrected chi connectivity index (χ1v) is 13.9. The second-order valence-corrected chi connectivity index (χ2v) is 12.0. The van der Waals surface area contributed by atoms with Gasteiger partial charge in [-0.3, -0.25) is 0 Å². The topological polar surface area (TPSA) is 27.7 Å². The van der Waals surface area contributed by atoms with Crippen molar-refractivity contribution in [3.05, 3.63) is 0 Å². The summed E-state index contributed by atoms with van der Waals surface area (Å²) in [5.41, 5.74) is 0.127. The number of rotatable bonds is 15. The fraction of sp³-hybridized carbons (Fsp3) is 1.00. The van der Waals surface area contributed by atoms with Gasteiger partial charge in [-0.1, -0.05) is 105 Å². The Bertz CT molecular complexity index is 399. The summed E-state index contributed by atoms with van der Waals surface area (Å²) < 4.78 is 17.2. The highest BCUT2D eigenvalue weighted by Gasteiger charge is 2.25. The van der Waals surface area contributed by atoms with E-state index in [9.17, 15) is 0 Å². The van der Waals surface area contributed by atoms with Crippen LogP contribution in [0.2, 0.25) is 0 Å². The van der Waals surface area contributed by atoms with Crippen molar-refractivity contribution < 1.29 is 14.2 Å². The zero-order chi connectivity index (χ0) is 26.7. The lowest BCUT2D eigenvalue weighted by molar-refractivity contribution is -0.124. The van der Waals surface area contributed by atoms with Crippen LogP contribution in [0.5, 0.6) is 0 Å². The van der Waals surface area contributed by atoms with E-state index in [0.717, 1.165) is 50.9 Å². The highest BCUT2D eigenvalue weighted by atomic mass is 16.5. The third kappa shape index (κ3) is 40.5. The first-order valence-electron chi connectivity index (χ1n) is 13.9. The van der Waals surface area contributed by atoms with Crippen LogP contribution in [0, 0.1) is 17.8 Å². The molecule has 0 radical (unpaired) electrons. The molecular weight excluding hydrogens is 456 g/mol. The van der Waals surface area contributed by atoms with E-state index in [2.05, 4.69) is 104 Å². The van der Waals surface area contributed by atoms with Crippen molar-refractivity contribution in [2.75, 3.05) is 19.8 Å². The van der Waals surface area contributed by atoms with Crippen LogP contribution in [0.25, 0.3) is 0 Å². The van der Waals surface area contributed by atoms with Gasteiger partial charge in [0.1, 0.15) is 0 Å². The largest absolute Gasteiger partial charge is 0.381 e. The highest BCUT2D eigenvalue weighted by molar-refractivity contribution is 4.74. The van der Waals surface area contributed by atoms with Crippen molar-refractivity contribution in [1.82, 2.24) is 0 Å². The molecule has 0 aliphatic carbocycles. The van der Waals surface area contributed by atoms with Crippen molar-refractivity contribution in [2.45, 2.75) is 189 Å². The molecule has 37 heavy (non-hydrogen) atoms. The van der Waals surface area contributed by atoms with Crippen molar-refractivity contribution in [3.8, 4) is 0 Å². The molecule has 0 heterocycles. The second-order valence-electron chi connectivity index (χ2n) is 12.0. The van der Waals surface area contributed by atoms with Crippen molar-refractivity contribution in [2.24, 2.45) is 17.8 Å². The van der Waals surface area contributed by atoms with Crippen LogP contribution >= 0.6 is 0 Å². The molecule has 2 atom stereocenters. The molecule has 0 saturated carbocycles. The molecule has 0 bridgehead atoms. The minimum absolute atomic E-state index is 0. The summed E-state index contributed by atoms with van der Waals surface area (Å²) in [5, 5.41) is 0. The van der Waals surface area contributed by atoms with Crippen LogP contribution in [0.4, 0.5) is 0 Å². The monoisotopic (exact) mass is 539 g/mol. The molecule has 0 N–H and O–H groups in total. The molecule has 0 aromatic rings. The Kier molecular flexibility index (Phi) is 41.5. The van der Waals surface area contributed by atoms with Crippen molar-refractivity contribution in [1.29, 1.82) is 0 Å². The standard InChI is InChI=1S/3C10H22O.4CH4/c1-7-9(3,4)11-10(5,6)8-2;1-6-9(3)8-11-10(4,5)7-2;1-5-10(4)8-11-7-6-9(2)3;;;;/h7-8H2,1-6H3;9H,6-8H2,1-5H3;9-10H,5-8H2,1-4H3;4*1H4. The SMILES string of the molecule is C.C.C.C.CCC(C)(C)OC(C)(C)CC.CCC(C)COC(C)(C)CC.CCC(C)COCCC(C)C. The molecule has 0 saturated heterocycles. The van der Waals surface area contributed by atoms with Gasteiger partial charge in [0.25, 0.3) is 0 Å². The van der Waals surface area contributed by atoms with Crippen LogP contribution in [-0.4, -0.2) is 36.6 Å². The van der Waals surface area contributed by atoms with E-state index in [1.807, 2.05) is 0 Å². The van der Waals surface area contributed by atoms with Gasteiger partial charge in [0.2, 0.25) is 0 Å². The Hall–Kier alpha value is -0.120. The maximum atomic E-state index is 5.92. The smallest absolute Gasteiger partial charge is 0.0631 e. The van der Waals surface area contributed by atoms with Crippen LogP contribution < -0.4 is 0 Å². The number of hydrogen-bond acceptors (Lipinski definition) is 3. The lowest BCUT2D eigenvalue weighted by Crippen LogP contribution is -2.35. The molecule has 0 spiro atoms. The zero-order valence-corrected chi connectivity index (χ0v) is 25.8. The molecule has 0 fully saturated rings. The van der Waals surface area contributed by atoms with Gasteiger partial charge in [-0.15, -0.1) is 0 Å². The van der Waals surface area contributed by atoms with E-state index in [1.54, 1.807) is 0 Å².